The second-order valence-corrected chi connectivity index (χ2v) is 6.75. The number of benzene rings is 2. The van der Waals surface area contributed by atoms with E-state index in [1.165, 1.54) is 11.8 Å². The molecule has 2 rings (SSSR count). The standard InChI is InChI=1S/C18H17ClN2O3S2/c1-3-24-17(23)11-4-6-12(7-5-11)20-18(25)21-16(22)14-10-13(26-2)8-9-15(14)19/h4-10H,3H2,1-2H3,(H2,20,21,22,25). The van der Waals surface area contributed by atoms with Crippen LogP contribution < -0.4 is 10.6 Å². The number of carbonyl (C=O) groups is 2. The number of esters is 1. The molecule has 0 aliphatic heterocycles. The first-order valence-corrected chi connectivity index (χ1v) is 9.68. The Balaban J connectivity index is 2.00. The maximum absolute atomic E-state index is 12.4. The number of anilines is 1. The summed E-state index contributed by atoms with van der Waals surface area (Å²) in [7, 11) is 0. The van der Waals surface area contributed by atoms with Gasteiger partial charge < -0.3 is 10.1 Å². The summed E-state index contributed by atoms with van der Waals surface area (Å²) in [6.45, 7) is 2.06. The van der Waals surface area contributed by atoms with E-state index in [4.69, 9.17) is 28.6 Å². The van der Waals surface area contributed by atoms with E-state index in [9.17, 15) is 9.59 Å². The number of nitrogens with one attached hydrogen (secondary N) is 2. The Morgan fingerprint density at radius 2 is 1.88 bits per heavy atom. The van der Waals surface area contributed by atoms with E-state index in [1.807, 2.05) is 12.3 Å². The first kappa shape index (κ1) is 20.2. The van der Waals surface area contributed by atoms with Crippen LogP contribution in [0.1, 0.15) is 27.6 Å². The third-order valence-electron chi connectivity index (χ3n) is 3.30. The largest absolute Gasteiger partial charge is 0.462 e. The molecule has 2 aromatic carbocycles. The lowest BCUT2D eigenvalue weighted by Gasteiger charge is -2.11. The van der Waals surface area contributed by atoms with E-state index in [0.717, 1.165) is 4.90 Å². The predicted molar refractivity (Wildman–Crippen MR) is 109 cm³/mol. The first-order chi connectivity index (χ1) is 12.4. The lowest BCUT2D eigenvalue weighted by Crippen LogP contribution is -2.34. The second-order valence-electron chi connectivity index (χ2n) is 5.05. The van der Waals surface area contributed by atoms with E-state index in [1.54, 1.807) is 43.3 Å². The number of rotatable bonds is 5. The van der Waals surface area contributed by atoms with E-state index in [0.29, 0.717) is 28.4 Å². The van der Waals surface area contributed by atoms with Crippen LogP contribution in [0.15, 0.2) is 47.4 Å². The van der Waals surface area contributed by atoms with Crippen LogP contribution in [-0.2, 0) is 4.74 Å². The van der Waals surface area contributed by atoms with Crippen molar-refractivity contribution in [2.45, 2.75) is 11.8 Å². The van der Waals surface area contributed by atoms with Crippen molar-refractivity contribution in [2.24, 2.45) is 0 Å². The van der Waals surface area contributed by atoms with Crippen LogP contribution in [0.5, 0.6) is 0 Å². The Bertz CT molecular complexity index is 826. The smallest absolute Gasteiger partial charge is 0.338 e. The predicted octanol–water partition coefficient (Wildman–Crippen LogP) is 4.37. The van der Waals surface area contributed by atoms with Crippen molar-refractivity contribution in [1.29, 1.82) is 0 Å². The maximum Gasteiger partial charge on any atom is 0.338 e. The van der Waals surface area contributed by atoms with Crippen molar-refractivity contribution < 1.29 is 14.3 Å². The number of thioether (sulfide) groups is 1. The molecule has 0 heterocycles. The third kappa shape index (κ3) is 5.45. The highest BCUT2D eigenvalue weighted by molar-refractivity contribution is 7.98. The zero-order valence-corrected chi connectivity index (χ0v) is 16.6. The fourth-order valence-corrected chi connectivity index (χ4v) is 2.90. The van der Waals surface area contributed by atoms with Gasteiger partial charge in [-0.05, 0) is 67.9 Å². The molecule has 2 N–H and O–H groups in total. The molecule has 8 heteroatoms. The van der Waals surface area contributed by atoms with Gasteiger partial charge >= 0.3 is 5.97 Å². The minimum atomic E-state index is -0.397. The van der Waals surface area contributed by atoms with Gasteiger partial charge in [-0.1, -0.05) is 11.6 Å². The fraction of sp³-hybridized carbons (Fsp3) is 0.167. The van der Waals surface area contributed by atoms with Gasteiger partial charge in [0.05, 0.1) is 22.8 Å². The van der Waals surface area contributed by atoms with Crippen molar-refractivity contribution in [3.8, 4) is 0 Å². The van der Waals surface area contributed by atoms with Crippen LogP contribution in [0.25, 0.3) is 0 Å². The second kappa shape index (κ2) is 9.56. The van der Waals surface area contributed by atoms with Gasteiger partial charge in [-0.3, -0.25) is 10.1 Å². The van der Waals surface area contributed by atoms with Crippen LogP contribution in [0.4, 0.5) is 5.69 Å². The van der Waals surface area contributed by atoms with Gasteiger partial charge in [-0.2, -0.15) is 0 Å². The van der Waals surface area contributed by atoms with Crippen molar-refractivity contribution in [3.63, 3.8) is 0 Å². The lowest BCUT2D eigenvalue weighted by molar-refractivity contribution is 0.0526. The quantitative estimate of drug-likeness (QED) is 0.435. The SMILES string of the molecule is CCOC(=O)c1ccc(NC(=S)NC(=O)c2cc(SC)ccc2Cl)cc1. The molecule has 26 heavy (non-hydrogen) atoms. The topological polar surface area (TPSA) is 67.4 Å². The van der Waals surface area contributed by atoms with E-state index >= 15 is 0 Å². The van der Waals surface area contributed by atoms with Crippen LogP contribution in [0.3, 0.4) is 0 Å². The lowest BCUT2D eigenvalue weighted by atomic mass is 10.2. The number of carbonyl (C=O) groups excluding carboxylic acids is 2. The molecule has 2 aromatic rings. The van der Waals surface area contributed by atoms with Gasteiger partial charge in [0.1, 0.15) is 0 Å². The summed E-state index contributed by atoms with van der Waals surface area (Å²) in [5, 5.41) is 5.96. The summed E-state index contributed by atoms with van der Waals surface area (Å²) in [6, 6.07) is 11.8. The minimum Gasteiger partial charge on any atom is -0.462 e. The van der Waals surface area contributed by atoms with Crippen LogP contribution in [0, 0.1) is 0 Å². The Morgan fingerprint density at radius 1 is 1.19 bits per heavy atom. The Kier molecular flexibility index (Phi) is 7.44. The average Bonchev–Trinajstić information content (AvgIpc) is 2.62. The molecular formula is C18H17ClN2O3S2. The molecule has 0 saturated heterocycles. The molecule has 0 aliphatic rings. The zero-order valence-electron chi connectivity index (χ0n) is 14.2. The Labute approximate surface area is 166 Å². The number of thiocarbonyl (C=S) groups is 1. The van der Waals surface area contributed by atoms with E-state index in [-0.39, 0.29) is 5.11 Å². The summed E-state index contributed by atoms with van der Waals surface area (Å²) < 4.78 is 4.92. The van der Waals surface area contributed by atoms with E-state index in [2.05, 4.69) is 10.6 Å². The average molecular weight is 409 g/mol. The first-order valence-electron chi connectivity index (χ1n) is 7.67. The molecule has 0 aromatic heterocycles. The molecule has 0 saturated carbocycles. The highest BCUT2D eigenvalue weighted by atomic mass is 35.5. The summed E-state index contributed by atoms with van der Waals surface area (Å²) in [5.74, 6) is -0.787. The van der Waals surface area contributed by atoms with Gasteiger partial charge in [0.15, 0.2) is 5.11 Å². The molecule has 0 spiro atoms. The number of hydrogen-bond donors (Lipinski definition) is 2. The van der Waals surface area contributed by atoms with Crippen LogP contribution in [0.2, 0.25) is 5.02 Å². The minimum absolute atomic E-state index is 0.129. The molecule has 0 atom stereocenters. The number of ether oxygens (including phenoxy) is 1. The van der Waals surface area contributed by atoms with Crippen molar-refractivity contribution in [1.82, 2.24) is 5.32 Å². The molecule has 0 radical (unpaired) electrons. The highest BCUT2D eigenvalue weighted by Gasteiger charge is 2.13. The number of amides is 1. The number of hydrogen-bond acceptors (Lipinski definition) is 5. The Morgan fingerprint density at radius 3 is 2.50 bits per heavy atom. The molecule has 0 aliphatic carbocycles. The molecule has 5 nitrogen and oxygen atoms in total. The number of halogens is 1. The maximum atomic E-state index is 12.4. The van der Waals surface area contributed by atoms with Crippen molar-refractivity contribution in [3.05, 3.63) is 58.6 Å². The summed E-state index contributed by atoms with van der Waals surface area (Å²) >= 11 is 12.8. The highest BCUT2D eigenvalue weighted by Crippen LogP contribution is 2.23. The van der Waals surface area contributed by atoms with Crippen molar-refractivity contribution in [2.75, 3.05) is 18.2 Å². The van der Waals surface area contributed by atoms with Gasteiger partial charge in [0.25, 0.3) is 5.91 Å². The summed E-state index contributed by atoms with van der Waals surface area (Å²) in [4.78, 5) is 24.9. The summed E-state index contributed by atoms with van der Waals surface area (Å²) in [6.07, 6.45) is 1.91. The van der Waals surface area contributed by atoms with Gasteiger partial charge in [0, 0.05) is 10.6 Å². The van der Waals surface area contributed by atoms with Gasteiger partial charge in [-0.25, -0.2) is 4.79 Å². The molecule has 1 amide bonds. The molecule has 0 fully saturated rings. The van der Waals surface area contributed by atoms with Crippen molar-refractivity contribution >= 4 is 58.3 Å². The van der Waals surface area contributed by atoms with Crippen LogP contribution >= 0.6 is 35.6 Å². The molecule has 0 unspecified atom stereocenters. The monoisotopic (exact) mass is 408 g/mol. The Hall–Kier alpha value is -2.09. The van der Waals surface area contributed by atoms with E-state index < -0.39 is 11.9 Å². The molecular weight excluding hydrogens is 392 g/mol. The summed E-state index contributed by atoms with van der Waals surface area (Å²) in [5.41, 5.74) is 1.42. The van der Waals surface area contributed by atoms with Crippen LogP contribution in [-0.4, -0.2) is 29.9 Å². The fourth-order valence-electron chi connectivity index (χ4n) is 2.04. The normalized spacial score (nSPS) is 10.1. The third-order valence-corrected chi connectivity index (χ3v) is 4.56. The zero-order chi connectivity index (χ0) is 19.1. The molecule has 0 bridgehead atoms. The molecule has 136 valence electrons. The van der Waals surface area contributed by atoms with Gasteiger partial charge in [-0.15, -0.1) is 11.8 Å². The van der Waals surface area contributed by atoms with Gasteiger partial charge in [0.2, 0.25) is 0 Å².